The SMILES string of the molecule is CCNC(=O)C(C)Oc1ccc(N)cc1OC. The molecule has 0 aliphatic carbocycles. The highest BCUT2D eigenvalue weighted by molar-refractivity contribution is 5.80. The molecule has 1 aromatic carbocycles. The fraction of sp³-hybridized carbons (Fsp3) is 0.417. The van der Waals surface area contributed by atoms with E-state index in [1.807, 2.05) is 6.92 Å². The van der Waals surface area contributed by atoms with Gasteiger partial charge in [-0.1, -0.05) is 0 Å². The molecule has 1 amide bonds. The molecule has 1 unspecified atom stereocenters. The van der Waals surface area contributed by atoms with Crippen LogP contribution in [0.5, 0.6) is 11.5 Å². The Morgan fingerprint density at radius 3 is 2.76 bits per heavy atom. The minimum absolute atomic E-state index is 0.161. The second kappa shape index (κ2) is 5.98. The number of rotatable bonds is 5. The minimum atomic E-state index is -0.576. The van der Waals surface area contributed by atoms with E-state index in [0.29, 0.717) is 23.7 Å². The molecule has 0 aliphatic rings. The molecule has 0 saturated heterocycles. The van der Waals surface area contributed by atoms with Crippen molar-refractivity contribution in [1.82, 2.24) is 5.32 Å². The van der Waals surface area contributed by atoms with Crippen LogP contribution in [0.2, 0.25) is 0 Å². The van der Waals surface area contributed by atoms with Gasteiger partial charge in [-0.15, -0.1) is 0 Å². The predicted molar refractivity (Wildman–Crippen MR) is 66.2 cm³/mol. The number of amides is 1. The first-order chi connectivity index (χ1) is 8.08. The van der Waals surface area contributed by atoms with Gasteiger partial charge in [-0.25, -0.2) is 0 Å². The fourth-order valence-corrected chi connectivity index (χ4v) is 1.34. The van der Waals surface area contributed by atoms with E-state index in [0.717, 1.165) is 0 Å². The molecule has 0 saturated carbocycles. The normalized spacial score (nSPS) is 11.7. The Bertz CT molecular complexity index is 393. The maximum Gasteiger partial charge on any atom is 0.260 e. The summed E-state index contributed by atoms with van der Waals surface area (Å²) in [5.74, 6) is 0.855. The van der Waals surface area contributed by atoms with Crippen molar-refractivity contribution in [1.29, 1.82) is 0 Å². The van der Waals surface area contributed by atoms with Crippen LogP contribution >= 0.6 is 0 Å². The third kappa shape index (κ3) is 3.55. The van der Waals surface area contributed by atoms with Crippen LogP contribution in [-0.4, -0.2) is 25.7 Å². The van der Waals surface area contributed by atoms with Crippen LogP contribution in [0.4, 0.5) is 5.69 Å². The van der Waals surface area contributed by atoms with Gasteiger partial charge < -0.3 is 20.5 Å². The van der Waals surface area contributed by atoms with Crippen molar-refractivity contribution in [2.45, 2.75) is 20.0 Å². The van der Waals surface area contributed by atoms with Gasteiger partial charge in [0.1, 0.15) is 0 Å². The molecule has 1 atom stereocenters. The first-order valence-corrected chi connectivity index (χ1v) is 5.46. The van der Waals surface area contributed by atoms with Crippen LogP contribution < -0.4 is 20.5 Å². The number of anilines is 1. The van der Waals surface area contributed by atoms with Crippen molar-refractivity contribution in [2.24, 2.45) is 0 Å². The number of nitrogens with two attached hydrogens (primary N) is 1. The second-order valence-corrected chi connectivity index (χ2v) is 3.56. The zero-order chi connectivity index (χ0) is 12.8. The molecule has 0 aromatic heterocycles. The molecule has 0 aliphatic heterocycles. The summed E-state index contributed by atoms with van der Waals surface area (Å²) in [6.07, 6.45) is -0.576. The van der Waals surface area contributed by atoms with Gasteiger partial charge >= 0.3 is 0 Å². The van der Waals surface area contributed by atoms with Crippen molar-refractivity contribution < 1.29 is 14.3 Å². The van der Waals surface area contributed by atoms with E-state index < -0.39 is 6.10 Å². The van der Waals surface area contributed by atoms with E-state index in [9.17, 15) is 4.79 Å². The standard InChI is InChI=1S/C12H18N2O3/c1-4-14-12(15)8(2)17-10-6-5-9(13)7-11(10)16-3/h5-8H,4,13H2,1-3H3,(H,14,15). The van der Waals surface area contributed by atoms with Gasteiger partial charge in [0, 0.05) is 18.3 Å². The summed E-state index contributed by atoms with van der Waals surface area (Å²) in [6, 6.07) is 5.03. The predicted octanol–water partition coefficient (Wildman–Crippen LogP) is 1.18. The van der Waals surface area contributed by atoms with Gasteiger partial charge in [-0.2, -0.15) is 0 Å². The highest BCUT2D eigenvalue weighted by atomic mass is 16.5. The van der Waals surface area contributed by atoms with Crippen LogP contribution in [0.25, 0.3) is 0 Å². The van der Waals surface area contributed by atoms with Crippen LogP contribution in [0.15, 0.2) is 18.2 Å². The van der Waals surface area contributed by atoms with E-state index in [2.05, 4.69) is 5.32 Å². The molecule has 0 spiro atoms. The number of ether oxygens (including phenoxy) is 2. The Morgan fingerprint density at radius 1 is 1.47 bits per heavy atom. The number of carbonyl (C=O) groups is 1. The van der Waals surface area contributed by atoms with E-state index in [1.165, 1.54) is 7.11 Å². The molecule has 1 aromatic rings. The molecule has 1 rings (SSSR count). The van der Waals surface area contributed by atoms with Crippen LogP contribution in [0.3, 0.4) is 0 Å². The number of likely N-dealkylation sites (N-methyl/N-ethyl adjacent to an activating group) is 1. The van der Waals surface area contributed by atoms with E-state index in [-0.39, 0.29) is 5.91 Å². The number of nitrogen functional groups attached to an aromatic ring is 1. The summed E-state index contributed by atoms with van der Waals surface area (Å²) < 4.78 is 10.6. The van der Waals surface area contributed by atoms with E-state index in [1.54, 1.807) is 25.1 Å². The van der Waals surface area contributed by atoms with Crippen molar-refractivity contribution in [3.8, 4) is 11.5 Å². The van der Waals surface area contributed by atoms with E-state index in [4.69, 9.17) is 15.2 Å². The molecule has 0 fully saturated rings. The molecule has 5 nitrogen and oxygen atoms in total. The van der Waals surface area contributed by atoms with Crippen LogP contribution in [0, 0.1) is 0 Å². The smallest absolute Gasteiger partial charge is 0.260 e. The quantitative estimate of drug-likeness (QED) is 0.755. The lowest BCUT2D eigenvalue weighted by Gasteiger charge is -2.16. The summed E-state index contributed by atoms with van der Waals surface area (Å²) in [7, 11) is 1.53. The molecule has 0 bridgehead atoms. The van der Waals surface area contributed by atoms with Gasteiger partial charge in [-0.3, -0.25) is 4.79 Å². The maximum atomic E-state index is 11.5. The third-order valence-electron chi connectivity index (χ3n) is 2.21. The lowest BCUT2D eigenvalue weighted by atomic mass is 10.2. The summed E-state index contributed by atoms with van der Waals surface area (Å²) >= 11 is 0. The number of hydrogen-bond donors (Lipinski definition) is 2. The summed E-state index contributed by atoms with van der Waals surface area (Å²) in [5.41, 5.74) is 6.21. The average molecular weight is 238 g/mol. The van der Waals surface area contributed by atoms with Crippen molar-refractivity contribution >= 4 is 11.6 Å². The Balaban J connectivity index is 2.77. The fourth-order valence-electron chi connectivity index (χ4n) is 1.34. The Labute approximate surface area is 101 Å². The maximum absolute atomic E-state index is 11.5. The lowest BCUT2D eigenvalue weighted by molar-refractivity contribution is -0.127. The second-order valence-electron chi connectivity index (χ2n) is 3.56. The van der Waals surface area contributed by atoms with Gasteiger partial charge in [-0.05, 0) is 26.0 Å². The van der Waals surface area contributed by atoms with E-state index >= 15 is 0 Å². The zero-order valence-corrected chi connectivity index (χ0v) is 10.3. The lowest BCUT2D eigenvalue weighted by Crippen LogP contribution is -2.36. The van der Waals surface area contributed by atoms with Gasteiger partial charge in [0.05, 0.1) is 7.11 Å². The first kappa shape index (κ1) is 13.2. The van der Waals surface area contributed by atoms with Gasteiger partial charge in [0.2, 0.25) is 0 Å². The van der Waals surface area contributed by atoms with Crippen LogP contribution in [-0.2, 0) is 4.79 Å². The molecular formula is C12H18N2O3. The monoisotopic (exact) mass is 238 g/mol. The largest absolute Gasteiger partial charge is 0.493 e. The van der Waals surface area contributed by atoms with Crippen LogP contribution in [0.1, 0.15) is 13.8 Å². The zero-order valence-electron chi connectivity index (χ0n) is 10.3. The number of carbonyl (C=O) groups excluding carboxylic acids is 1. The molecule has 0 heterocycles. The molecule has 3 N–H and O–H groups in total. The summed E-state index contributed by atoms with van der Waals surface area (Å²) in [5, 5.41) is 2.68. The summed E-state index contributed by atoms with van der Waals surface area (Å²) in [6.45, 7) is 4.11. The summed E-state index contributed by atoms with van der Waals surface area (Å²) in [4.78, 5) is 11.5. The molecular weight excluding hydrogens is 220 g/mol. The van der Waals surface area contributed by atoms with Crippen molar-refractivity contribution in [3.05, 3.63) is 18.2 Å². The number of methoxy groups -OCH3 is 1. The number of nitrogens with one attached hydrogen (secondary N) is 1. The minimum Gasteiger partial charge on any atom is -0.493 e. The highest BCUT2D eigenvalue weighted by Gasteiger charge is 2.15. The van der Waals surface area contributed by atoms with Gasteiger partial charge in [0.15, 0.2) is 17.6 Å². The number of benzene rings is 1. The molecule has 0 radical (unpaired) electrons. The molecule has 17 heavy (non-hydrogen) atoms. The Morgan fingerprint density at radius 2 is 2.18 bits per heavy atom. The molecule has 5 heteroatoms. The molecule has 94 valence electrons. The van der Waals surface area contributed by atoms with Gasteiger partial charge in [0.25, 0.3) is 5.91 Å². The third-order valence-corrected chi connectivity index (χ3v) is 2.21. The van der Waals surface area contributed by atoms with Crippen molar-refractivity contribution in [2.75, 3.05) is 19.4 Å². The highest BCUT2D eigenvalue weighted by Crippen LogP contribution is 2.29. The van der Waals surface area contributed by atoms with Crippen molar-refractivity contribution in [3.63, 3.8) is 0 Å². The average Bonchev–Trinajstić information content (AvgIpc) is 2.31. The first-order valence-electron chi connectivity index (χ1n) is 5.46. The number of hydrogen-bond acceptors (Lipinski definition) is 4. The Kier molecular flexibility index (Phi) is 4.63. The Hall–Kier alpha value is -1.91. The topological polar surface area (TPSA) is 73.6 Å².